The number of carbonyl (C=O) groups is 1. The minimum Gasteiger partial charge on any atom is -0.380 e. The number of guanidine groups is 1. The third-order valence-corrected chi connectivity index (χ3v) is 6.76. The van der Waals surface area contributed by atoms with Crippen molar-refractivity contribution < 1.29 is 13.9 Å². The third-order valence-electron chi connectivity index (χ3n) is 5.65. The van der Waals surface area contributed by atoms with Gasteiger partial charge in [0.1, 0.15) is 11.4 Å². The van der Waals surface area contributed by atoms with Gasteiger partial charge >= 0.3 is 0 Å². The van der Waals surface area contributed by atoms with Crippen LogP contribution in [0.2, 0.25) is 0 Å². The summed E-state index contributed by atoms with van der Waals surface area (Å²) in [7, 11) is 0. The van der Waals surface area contributed by atoms with E-state index < -0.39 is 6.17 Å². The molecule has 2 aliphatic heterocycles. The molecule has 0 radical (unpaired) electrons. The van der Waals surface area contributed by atoms with Gasteiger partial charge in [-0.1, -0.05) is 11.9 Å². The Morgan fingerprint density at radius 3 is 2.72 bits per heavy atom. The zero-order chi connectivity index (χ0) is 20.6. The fraction of sp³-hybridized carbons (Fsp3) is 0.889. The quantitative estimate of drug-likeness (QED) is 0.148. The maximum absolute atomic E-state index is 13.4. The Bertz CT molecular complexity index is 562. The Morgan fingerprint density at radius 2 is 2.03 bits per heavy atom. The molecule has 1 saturated carbocycles. The Balaban J connectivity index is 1.52. The van der Waals surface area contributed by atoms with Crippen LogP contribution in [0, 0.1) is 5.92 Å². The minimum atomic E-state index is -0.645. The number of hydrogen-bond donors (Lipinski definition) is 6. The number of alkyl halides is 1. The summed E-state index contributed by atoms with van der Waals surface area (Å²) in [5, 5.41) is 5.98. The van der Waals surface area contributed by atoms with Crippen molar-refractivity contribution in [2.75, 3.05) is 19.8 Å². The number of ether oxygens (including phenoxy) is 1. The van der Waals surface area contributed by atoms with Crippen molar-refractivity contribution in [3.63, 3.8) is 0 Å². The molecule has 3 aliphatic rings. The van der Waals surface area contributed by atoms with Gasteiger partial charge in [0, 0.05) is 18.7 Å². The molecule has 0 spiro atoms. The molecule has 6 N–H and O–H groups in total. The van der Waals surface area contributed by atoms with Crippen LogP contribution in [-0.4, -0.2) is 61.3 Å². The average molecular weight is 432 g/mol. The third kappa shape index (κ3) is 6.76. The number of hydrogen-bond acceptors (Lipinski definition) is 8. The summed E-state index contributed by atoms with van der Waals surface area (Å²) < 4.78 is 18.8. The van der Waals surface area contributed by atoms with E-state index in [0.29, 0.717) is 50.5 Å². The van der Waals surface area contributed by atoms with Gasteiger partial charge in [-0.25, -0.2) is 20.1 Å². The smallest absolute Gasteiger partial charge is 0.242 e. The van der Waals surface area contributed by atoms with Gasteiger partial charge in [-0.2, -0.15) is 0 Å². The molecule has 9 nitrogen and oxygen atoms in total. The standard InChI is InChI=1S/C18H34FN7O2S/c1-3-28-9-8-20-18(22-17(27)16-11(2)23-26-29-16)21-15-10-14(24-25-15)12-4-6-13(19)7-5-12/h11-16,23-26H,3-10H2,1-2H3,(H2,20,21,22,27). The second-order valence-corrected chi connectivity index (χ2v) is 8.78. The van der Waals surface area contributed by atoms with Crippen molar-refractivity contribution in [2.45, 2.75) is 75.6 Å². The molecule has 1 amide bonds. The Hall–Kier alpha value is -0.980. The zero-order valence-corrected chi connectivity index (χ0v) is 18.0. The van der Waals surface area contributed by atoms with Gasteiger partial charge in [0.15, 0.2) is 5.96 Å². The molecule has 2 saturated heterocycles. The number of aliphatic imine (C=N–C) groups is 1. The molecule has 166 valence electrons. The summed E-state index contributed by atoms with van der Waals surface area (Å²) in [4.78, 5) is 20.1. The van der Waals surface area contributed by atoms with Gasteiger partial charge in [-0.05, 0) is 51.9 Å². The van der Waals surface area contributed by atoms with E-state index in [0.717, 1.165) is 19.3 Å². The minimum absolute atomic E-state index is 0.0194. The molecule has 29 heavy (non-hydrogen) atoms. The van der Waals surface area contributed by atoms with E-state index >= 15 is 0 Å². The highest BCUT2D eigenvalue weighted by Crippen LogP contribution is 2.30. The number of rotatable bonds is 7. The largest absolute Gasteiger partial charge is 0.380 e. The van der Waals surface area contributed by atoms with Gasteiger partial charge in [-0.15, -0.1) is 0 Å². The zero-order valence-electron chi connectivity index (χ0n) is 17.2. The van der Waals surface area contributed by atoms with Crippen LogP contribution in [0.3, 0.4) is 0 Å². The van der Waals surface area contributed by atoms with E-state index in [1.807, 2.05) is 13.8 Å². The molecular weight excluding hydrogens is 397 g/mol. The molecule has 3 rings (SSSR count). The van der Waals surface area contributed by atoms with Crippen LogP contribution in [0.25, 0.3) is 0 Å². The molecule has 3 fully saturated rings. The molecular formula is C18H34FN7O2S. The molecule has 1 aliphatic carbocycles. The fourth-order valence-corrected chi connectivity index (χ4v) is 4.77. The topological polar surface area (TPSA) is 111 Å². The first-order valence-electron chi connectivity index (χ1n) is 10.6. The van der Waals surface area contributed by atoms with Gasteiger partial charge in [0.05, 0.1) is 19.3 Å². The number of nitrogens with zero attached hydrogens (tertiary/aromatic N) is 1. The molecule has 11 heteroatoms. The predicted molar refractivity (Wildman–Crippen MR) is 113 cm³/mol. The molecule has 4 atom stereocenters. The summed E-state index contributed by atoms with van der Waals surface area (Å²) >= 11 is 1.36. The van der Waals surface area contributed by atoms with Crippen LogP contribution in [0.5, 0.6) is 0 Å². The molecule has 2 heterocycles. The van der Waals surface area contributed by atoms with Crippen LogP contribution in [0.1, 0.15) is 46.0 Å². The van der Waals surface area contributed by atoms with Gasteiger partial charge in [0.2, 0.25) is 5.91 Å². The molecule has 0 bridgehead atoms. The van der Waals surface area contributed by atoms with E-state index in [1.54, 1.807) is 0 Å². The maximum Gasteiger partial charge on any atom is 0.242 e. The number of hydrazine groups is 2. The number of carbonyl (C=O) groups excluding carboxylic acids is 1. The molecule has 4 unspecified atom stereocenters. The normalized spacial score (nSPS) is 35.6. The first-order valence-corrected chi connectivity index (χ1v) is 11.5. The van der Waals surface area contributed by atoms with Crippen molar-refractivity contribution in [3.05, 3.63) is 0 Å². The van der Waals surface area contributed by atoms with Gasteiger partial charge in [-0.3, -0.25) is 20.5 Å². The summed E-state index contributed by atoms with van der Waals surface area (Å²) in [5.41, 5.74) is 9.61. The summed E-state index contributed by atoms with van der Waals surface area (Å²) in [5.74, 6) is 0.815. The van der Waals surface area contributed by atoms with E-state index in [9.17, 15) is 9.18 Å². The van der Waals surface area contributed by atoms with Crippen molar-refractivity contribution in [3.8, 4) is 0 Å². The van der Waals surface area contributed by atoms with Crippen LogP contribution in [-0.2, 0) is 9.53 Å². The van der Waals surface area contributed by atoms with Crippen molar-refractivity contribution in [1.29, 1.82) is 0 Å². The van der Waals surface area contributed by atoms with Crippen LogP contribution in [0.4, 0.5) is 4.39 Å². The van der Waals surface area contributed by atoms with Gasteiger partial charge in [0.25, 0.3) is 0 Å². The Morgan fingerprint density at radius 1 is 1.24 bits per heavy atom. The second kappa shape index (κ2) is 11.4. The monoisotopic (exact) mass is 431 g/mol. The van der Waals surface area contributed by atoms with Crippen molar-refractivity contribution in [1.82, 2.24) is 31.7 Å². The summed E-state index contributed by atoms with van der Waals surface area (Å²) in [6.45, 7) is 5.49. The fourth-order valence-electron chi connectivity index (χ4n) is 3.95. The molecule has 0 aromatic carbocycles. The van der Waals surface area contributed by atoms with E-state index in [-0.39, 0.29) is 23.4 Å². The highest BCUT2D eigenvalue weighted by molar-refractivity contribution is 7.99. The first kappa shape index (κ1) is 22.7. The Kier molecular flexibility index (Phi) is 8.94. The lowest BCUT2D eigenvalue weighted by molar-refractivity contribution is -0.119. The van der Waals surface area contributed by atoms with E-state index in [1.165, 1.54) is 11.9 Å². The van der Waals surface area contributed by atoms with Crippen LogP contribution < -0.4 is 31.7 Å². The average Bonchev–Trinajstić information content (AvgIpc) is 3.34. The molecule has 0 aromatic heterocycles. The molecule has 0 aromatic rings. The van der Waals surface area contributed by atoms with Gasteiger partial charge < -0.3 is 10.1 Å². The highest BCUT2D eigenvalue weighted by atomic mass is 32.2. The first-order chi connectivity index (χ1) is 14.1. The van der Waals surface area contributed by atoms with Crippen LogP contribution in [0.15, 0.2) is 4.99 Å². The van der Waals surface area contributed by atoms with E-state index in [4.69, 9.17) is 4.74 Å². The predicted octanol–water partition coefficient (Wildman–Crippen LogP) is 0.319. The lowest BCUT2D eigenvalue weighted by atomic mass is 9.82. The van der Waals surface area contributed by atoms with Crippen molar-refractivity contribution in [2.24, 2.45) is 10.9 Å². The second-order valence-electron chi connectivity index (χ2n) is 7.83. The maximum atomic E-state index is 13.4. The number of amides is 1. The lowest BCUT2D eigenvalue weighted by Crippen LogP contribution is -2.53. The highest BCUT2D eigenvalue weighted by Gasteiger charge is 2.35. The van der Waals surface area contributed by atoms with E-state index in [2.05, 4.69) is 36.7 Å². The Labute approximate surface area is 176 Å². The SMILES string of the molecule is CCOCCN=C(NC(=O)C1SNNC1C)NC1CC(C2CCC(F)CC2)NN1. The van der Waals surface area contributed by atoms with Crippen molar-refractivity contribution >= 4 is 23.8 Å². The van der Waals surface area contributed by atoms with Crippen LogP contribution >= 0.6 is 11.9 Å². The summed E-state index contributed by atoms with van der Waals surface area (Å²) in [6.07, 6.45) is 3.28. The number of nitrogens with one attached hydrogen (secondary N) is 6. The lowest BCUT2D eigenvalue weighted by Gasteiger charge is -2.28. The summed E-state index contributed by atoms with van der Waals surface area (Å²) in [6, 6.07) is 0.310. The number of halogens is 1.